The van der Waals surface area contributed by atoms with Gasteiger partial charge in [-0.15, -0.1) is 0 Å². The first-order chi connectivity index (χ1) is 15.9. The number of halogens is 1. The summed E-state index contributed by atoms with van der Waals surface area (Å²) in [6, 6.07) is 23.2. The van der Waals surface area contributed by atoms with Crippen molar-refractivity contribution in [3.63, 3.8) is 0 Å². The number of nitrogens with zero attached hydrogens (tertiary/aromatic N) is 1. The minimum Gasteiger partial charge on any atom is -0.506 e. The average Bonchev–Trinajstić information content (AvgIpc) is 2.82. The third-order valence-corrected chi connectivity index (χ3v) is 7.65. The van der Waals surface area contributed by atoms with Gasteiger partial charge in [-0.25, -0.2) is 12.8 Å². The Kier molecular flexibility index (Phi) is 5.39. The molecule has 5 aromatic rings. The maximum Gasteiger partial charge on any atom is 0.264 e. The largest absolute Gasteiger partial charge is 0.506 e. The molecule has 0 aliphatic rings. The summed E-state index contributed by atoms with van der Waals surface area (Å²) in [5.41, 5.74) is 1.01. The molecule has 0 spiro atoms. The van der Waals surface area contributed by atoms with E-state index in [9.17, 15) is 17.9 Å². The van der Waals surface area contributed by atoms with Crippen molar-refractivity contribution >= 4 is 49.1 Å². The van der Waals surface area contributed by atoms with Gasteiger partial charge in [-0.05, 0) is 30.3 Å². The Labute approximate surface area is 194 Å². The van der Waals surface area contributed by atoms with Crippen molar-refractivity contribution in [3.05, 3.63) is 96.9 Å². The molecule has 0 aliphatic heterocycles. The Bertz CT molecular complexity index is 1620. The quantitative estimate of drug-likeness (QED) is 0.296. The van der Waals surface area contributed by atoms with Gasteiger partial charge in [0.15, 0.2) is 0 Å². The number of benzene rings is 4. The van der Waals surface area contributed by atoms with E-state index in [1.807, 2.05) is 30.3 Å². The van der Waals surface area contributed by atoms with Gasteiger partial charge >= 0.3 is 0 Å². The number of sulfonamides is 1. The van der Waals surface area contributed by atoms with E-state index in [1.54, 1.807) is 36.5 Å². The minimum atomic E-state index is -4.20. The second-order valence-corrected chi connectivity index (χ2v) is 10.0. The van der Waals surface area contributed by atoms with E-state index in [2.05, 4.69) is 9.71 Å². The number of phenols is 1. The molecular formula is C25H17FN2O3S2. The van der Waals surface area contributed by atoms with Crippen molar-refractivity contribution < 1.29 is 17.9 Å². The van der Waals surface area contributed by atoms with Gasteiger partial charge in [0.05, 0.1) is 16.1 Å². The van der Waals surface area contributed by atoms with Crippen molar-refractivity contribution in [1.82, 2.24) is 4.98 Å². The fourth-order valence-corrected chi connectivity index (χ4v) is 5.82. The number of pyridine rings is 1. The molecule has 0 saturated heterocycles. The zero-order valence-corrected chi connectivity index (χ0v) is 18.7. The number of fused-ring (bicyclic) bond motifs is 2. The van der Waals surface area contributed by atoms with E-state index in [0.717, 1.165) is 21.9 Å². The molecule has 0 fully saturated rings. The van der Waals surface area contributed by atoms with E-state index in [0.29, 0.717) is 15.7 Å². The summed E-state index contributed by atoms with van der Waals surface area (Å²) in [7, 11) is -4.20. The lowest BCUT2D eigenvalue weighted by Crippen LogP contribution is -2.14. The Hall–Kier alpha value is -3.62. The molecule has 4 aromatic carbocycles. The SMILES string of the molecule is O=S(=O)(Nc1cc(Sc2cccc3cccnc23)c(O)c2ccccc12)c1ccccc1F. The van der Waals surface area contributed by atoms with Crippen LogP contribution in [0.5, 0.6) is 5.75 Å². The number of aromatic hydroxyl groups is 1. The van der Waals surface area contributed by atoms with E-state index < -0.39 is 20.7 Å². The summed E-state index contributed by atoms with van der Waals surface area (Å²) in [4.78, 5) is 5.25. The maximum atomic E-state index is 14.2. The highest BCUT2D eigenvalue weighted by Gasteiger charge is 2.22. The molecule has 0 saturated carbocycles. The Morgan fingerprint density at radius 2 is 1.58 bits per heavy atom. The van der Waals surface area contributed by atoms with Crippen LogP contribution in [0.25, 0.3) is 21.7 Å². The average molecular weight is 477 g/mol. The number of rotatable bonds is 5. The number of phenolic OH excluding ortho intramolecular Hbond substituents is 1. The molecule has 5 rings (SSSR count). The predicted molar refractivity (Wildman–Crippen MR) is 129 cm³/mol. The number of hydrogen-bond donors (Lipinski definition) is 2. The van der Waals surface area contributed by atoms with Gasteiger partial charge in [-0.3, -0.25) is 9.71 Å². The van der Waals surface area contributed by atoms with E-state index >= 15 is 0 Å². The van der Waals surface area contributed by atoms with Gasteiger partial charge in [0.25, 0.3) is 10.0 Å². The van der Waals surface area contributed by atoms with Crippen molar-refractivity contribution in [1.29, 1.82) is 0 Å². The zero-order valence-electron chi connectivity index (χ0n) is 17.1. The van der Waals surface area contributed by atoms with Crippen molar-refractivity contribution in [2.24, 2.45) is 0 Å². The zero-order chi connectivity index (χ0) is 23.0. The first-order valence-corrected chi connectivity index (χ1v) is 12.3. The van der Waals surface area contributed by atoms with Crippen LogP contribution < -0.4 is 4.72 Å². The third kappa shape index (κ3) is 3.99. The second-order valence-electron chi connectivity index (χ2n) is 7.29. The number of para-hydroxylation sites is 1. The number of hydrogen-bond acceptors (Lipinski definition) is 5. The van der Waals surface area contributed by atoms with Crippen LogP contribution in [0, 0.1) is 5.82 Å². The highest BCUT2D eigenvalue weighted by atomic mass is 32.2. The van der Waals surface area contributed by atoms with Crippen LogP contribution in [-0.4, -0.2) is 18.5 Å². The molecule has 0 unspecified atom stereocenters. The van der Waals surface area contributed by atoms with Crippen LogP contribution in [-0.2, 0) is 10.0 Å². The van der Waals surface area contributed by atoms with Crippen molar-refractivity contribution in [3.8, 4) is 5.75 Å². The Morgan fingerprint density at radius 3 is 2.39 bits per heavy atom. The van der Waals surface area contributed by atoms with Gasteiger partial charge in [-0.2, -0.15) is 0 Å². The highest BCUT2D eigenvalue weighted by molar-refractivity contribution is 7.99. The number of aromatic nitrogens is 1. The Balaban J connectivity index is 1.64. The normalized spacial score (nSPS) is 11.7. The summed E-state index contributed by atoms with van der Waals surface area (Å²) in [6.45, 7) is 0. The molecule has 1 aromatic heterocycles. The second kappa shape index (κ2) is 8.38. The molecule has 0 atom stereocenters. The van der Waals surface area contributed by atoms with Gasteiger partial charge in [-0.1, -0.05) is 66.4 Å². The molecule has 33 heavy (non-hydrogen) atoms. The minimum absolute atomic E-state index is 0.0253. The standard InChI is InChI=1S/C25H17FN2O3S2/c26-19-11-3-4-13-23(19)33(30,31)28-20-15-22(25(29)18-10-2-1-9-17(18)20)32-21-12-5-7-16-8-6-14-27-24(16)21/h1-15,28-29H. The van der Waals surface area contributed by atoms with Crippen molar-refractivity contribution in [2.75, 3.05) is 4.72 Å². The van der Waals surface area contributed by atoms with Crippen molar-refractivity contribution in [2.45, 2.75) is 14.7 Å². The van der Waals surface area contributed by atoms with Crippen LogP contribution in [0.4, 0.5) is 10.1 Å². The van der Waals surface area contributed by atoms with Gasteiger partial charge in [0, 0.05) is 27.3 Å². The van der Waals surface area contributed by atoms with E-state index in [4.69, 9.17) is 0 Å². The molecule has 8 heteroatoms. The highest BCUT2D eigenvalue weighted by Crippen LogP contribution is 2.44. The molecule has 0 amide bonds. The summed E-state index contributed by atoms with van der Waals surface area (Å²) in [5, 5.41) is 12.9. The molecule has 164 valence electrons. The lowest BCUT2D eigenvalue weighted by molar-refractivity contribution is 0.469. The lowest BCUT2D eigenvalue weighted by Gasteiger charge is -2.15. The molecule has 5 nitrogen and oxygen atoms in total. The summed E-state index contributed by atoms with van der Waals surface area (Å²) < 4.78 is 42.6. The van der Waals surface area contributed by atoms with Crippen LogP contribution in [0.1, 0.15) is 0 Å². The summed E-state index contributed by atoms with van der Waals surface area (Å²) >= 11 is 1.28. The number of nitrogens with one attached hydrogen (secondary N) is 1. The molecule has 0 aliphatic carbocycles. The summed E-state index contributed by atoms with van der Waals surface area (Å²) in [5.74, 6) is -0.818. The fourth-order valence-electron chi connectivity index (χ4n) is 3.64. The number of anilines is 1. The van der Waals surface area contributed by atoms with E-state index in [1.165, 1.54) is 30.0 Å². The third-order valence-electron chi connectivity index (χ3n) is 5.17. The van der Waals surface area contributed by atoms with Gasteiger partial charge < -0.3 is 5.11 Å². The Morgan fingerprint density at radius 1 is 0.848 bits per heavy atom. The van der Waals surface area contributed by atoms with Gasteiger partial charge in [0.2, 0.25) is 0 Å². The van der Waals surface area contributed by atoms with Crippen LogP contribution in [0.2, 0.25) is 0 Å². The van der Waals surface area contributed by atoms with E-state index in [-0.39, 0.29) is 11.4 Å². The summed E-state index contributed by atoms with van der Waals surface area (Å²) in [6.07, 6.45) is 1.70. The maximum absolute atomic E-state index is 14.2. The fraction of sp³-hybridized carbons (Fsp3) is 0. The van der Waals surface area contributed by atoms with Crippen LogP contribution in [0.3, 0.4) is 0 Å². The smallest absolute Gasteiger partial charge is 0.264 e. The van der Waals surface area contributed by atoms with Crippen LogP contribution in [0.15, 0.2) is 106 Å². The topological polar surface area (TPSA) is 79.3 Å². The predicted octanol–water partition coefficient (Wildman–Crippen LogP) is 6.18. The lowest BCUT2D eigenvalue weighted by atomic mass is 10.1. The first kappa shape index (κ1) is 21.2. The molecule has 1 heterocycles. The molecule has 2 N–H and O–H groups in total. The molecule has 0 radical (unpaired) electrons. The first-order valence-electron chi connectivity index (χ1n) is 9.98. The monoisotopic (exact) mass is 476 g/mol. The van der Waals surface area contributed by atoms with Gasteiger partial charge in [0.1, 0.15) is 16.5 Å². The molecular weight excluding hydrogens is 459 g/mol. The molecule has 0 bridgehead atoms. The van der Waals surface area contributed by atoms with Crippen LogP contribution >= 0.6 is 11.8 Å².